The van der Waals surface area contributed by atoms with Gasteiger partial charge in [-0.25, -0.2) is 0 Å². The van der Waals surface area contributed by atoms with Crippen molar-refractivity contribution in [2.75, 3.05) is 39.4 Å². The summed E-state index contributed by atoms with van der Waals surface area (Å²) in [6.45, 7) is 3.02. The molecular weight excluding hydrogens is 270 g/mol. The van der Waals surface area contributed by atoms with Gasteiger partial charge >= 0.3 is 0 Å². The van der Waals surface area contributed by atoms with Crippen molar-refractivity contribution in [2.24, 2.45) is 11.1 Å². The lowest BCUT2D eigenvalue weighted by molar-refractivity contribution is -0.136. The lowest BCUT2D eigenvalue weighted by Gasteiger charge is -2.35. The third kappa shape index (κ3) is 4.68. The molecule has 21 heavy (non-hydrogen) atoms. The summed E-state index contributed by atoms with van der Waals surface area (Å²) < 4.78 is 5.21. The van der Waals surface area contributed by atoms with Crippen LogP contribution in [0.25, 0.3) is 0 Å². The molecular formula is C15H27N3O3. The molecule has 2 amide bonds. The zero-order valence-corrected chi connectivity index (χ0v) is 12.7. The molecule has 0 atom stereocenters. The predicted octanol–water partition coefficient (Wildman–Crippen LogP) is 0.261. The summed E-state index contributed by atoms with van der Waals surface area (Å²) in [6.07, 6.45) is 6.02. The first-order valence-electron chi connectivity index (χ1n) is 7.97. The molecule has 1 saturated heterocycles. The van der Waals surface area contributed by atoms with E-state index in [9.17, 15) is 9.59 Å². The van der Waals surface area contributed by atoms with E-state index in [0.717, 1.165) is 25.7 Å². The molecule has 6 heteroatoms. The normalized spacial score (nSPS) is 21.9. The van der Waals surface area contributed by atoms with Crippen LogP contribution in [-0.2, 0) is 14.3 Å². The Bertz CT molecular complexity index is 361. The second-order valence-corrected chi connectivity index (χ2v) is 6.21. The molecule has 0 spiro atoms. The summed E-state index contributed by atoms with van der Waals surface area (Å²) in [4.78, 5) is 25.8. The van der Waals surface area contributed by atoms with E-state index in [1.807, 2.05) is 0 Å². The van der Waals surface area contributed by atoms with Crippen molar-refractivity contribution in [3.05, 3.63) is 0 Å². The lowest BCUT2D eigenvalue weighted by atomic mass is 9.71. The zero-order valence-electron chi connectivity index (χ0n) is 12.7. The van der Waals surface area contributed by atoms with Crippen LogP contribution in [0.3, 0.4) is 0 Å². The minimum absolute atomic E-state index is 0.0305. The van der Waals surface area contributed by atoms with Crippen molar-refractivity contribution < 1.29 is 14.3 Å². The van der Waals surface area contributed by atoms with E-state index in [1.54, 1.807) is 4.90 Å². The predicted molar refractivity (Wildman–Crippen MR) is 79.6 cm³/mol. The fraction of sp³-hybridized carbons (Fsp3) is 0.867. The number of hydrogen-bond acceptors (Lipinski definition) is 4. The Kier molecular flexibility index (Phi) is 5.99. The van der Waals surface area contributed by atoms with Gasteiger partial charge in [0.1, 0.15) is 0 Å². The quantitative estimate of drug-likeness (QED) is 0.762. The van der Waals surface area contributed by atoms with Crippen LogP contribution in [0.1, 0.15) is 38.5 Å². The number of carbonyl (C=O) groups excluding carboxylic acids is 2. The Morgan fingerprint density at radius 3 is 2.43 bits per heavy atom. The summed E-state index contributed by atoms with van der Waals surface area (Å²) in [5, 5.41) is 2.76. The number of morpholine rings is 1. The molecule has 3 N–H and O–H groups in total. The molecule has 1 heterocycles. The fourth-order valence-electron chi connectivity index (χ4n) is 3.26. The Morgan fingerprint density at radius 1 is 1.14 bits per heavy atom. The molecule has 1 aliphatic carbocycles. The third-order valence-electron chi connectivity index (χ3n) is 4.68. The number of nitrogens with two attached hydrogens (primary N) is 1. The van der Waals surface area contributed by atoms with Crippen molar-refractivity contribution in [1.82, 2.24) is 10.2 Å². The van der Waals surface area contributed by atoms with Gasteiger partial charge in [-0.3, -0.25) is 9.59 Å². The average molecular weight is 297 g/mol. The van der Waals surface area contributed by atoms with Crippen LogP contribution < -0.4 is 11.1 Å². The first-order chi connectivity index (χ1) is 10.2. The number of hydrogen-bond donors (Lipinski definition) is 2. The molecule has 6 nitrogen and oxygen atoms in total. The number of rotatable bonds is 5. The van der Waals surface area contributed by atoms with Gasteiger partial charge in [-0.2, -0.15) is 0 Å². The Labute approximate surface area is 126 Å². The van der Waals surface area contributed by atoms with Gasteiger partial charge in [-0.15, -0.1) is 0 Å². The molecule has 2 aliphatic rings. The summed E-state index contributed by atoms with van der Waals surface area (Å²) in [5.74, 6) is -0.0824. The molecule has 2 fully saturated rings. The zero-order chi connectivity index (χ0) is 15.1. The maximum absolute atomic E-state index is 12.1. The maximum atomic E-state index is 12.1. The molecule has 2 rings (SSSR count). The molecule has 0 aromatic rings. The topological polar surface area (TPSA) is 84.7 Å². The highest BCUT2D eigenvalue weighted by Crippen LogP contribution is 2.38. The van der Waals surface area contributed by atoms with Crippen LogP contribution in [-0.4, -0.2) is 56.1 Å². The van der Waals surface area contributed by atoms with Crippen LogP contribution >= 0.6 is 0 Å². The van der Waals surface area contributed by atoms with E-state index in [0.29, 0.717) is 39.3 Å². The minimum Gasteiger partial charge on any atom is -0.378 e. The maximum Gasteiger partial charge on any atom is 0.242 e. The number of amides is 2. The van der Waals surface area contributed by atoms with Crippen LogP contribution in [0.2, 0.25) is 0 Å². The minimum atomic E-state index is -0.0519. The van der Waals surface area contributed by atoms with Crippen molar-refractivity contribution >= 4 is 11.8 Å². The molecule has 0 radical (unpaired) electrons. The highest BCUT2D eigenvalue weighted by molar-refractivity contribution is 5.85. The molecule has 0 unspecified atom stereocenters. The van der Waals surface area contributed by atoms with E-state index in [-0.39, 0.29) is 23.8 Å². The highest BCUT2D eigenvalue weighted by atomic mass is 16.5. The average Bonchev–Trinajstić information content (AvgIpc) is 2.54. The van der Waals surface area contributed by atoms with Gasteiger partial charge in [-0.1, -0.05) is 19.3 Å². The summed E-state index contributed by atoms with van der Waals surface area (Å²) >= 11 is 0. The Balaban J connectivity index is 1.74. The third-order valence-corrected chi connectivity index (χ3v) is 4.68. The number of nitrogens with one attached hydrogen (secondary N) is 1. The van der Waals surface area contributed by atoms with E-state index in [4.69, 9.17) is 10.5 Å². The summed E-state index contributed by atoms with van der Waals surface area (Å²) in [5.41, 5.74) is 5.84. The van der Waals surface area contributed by atoms with Crippen molar-refractivity contribution in [3.63, 3.8) is 0 Å². The molecule has 1 aliphatic heterocycles. The van der Waals surface area contributed by atoms with Gasteiger partial charge in [-0.05, 0) is 24.8 Å². The van der Waals surface area contributed by atoms with Crippen LogP contribution in [0, 0.1) is 5.41 Å². The van der Waals surface area contributed by atoms with E-state index < -0.39 is 0 Å². The SMILES string of the molecule is NCC1(CC(=O)NCC(=O)N2CCOCC2)CCCCC1. The monoisotopic (exact) mass is 297 g/mol. The van der Waals surface area contributed by atoms with E-state index >= 15 is 0 Å². The fourth-order valence-corrected chi connectivity index (χ4v) is 3.26. The molecule has 120 valence electrons. The van der Waals surface area contributed by atoms with Crippen molar-refractivity contribution in [3.8, 4) is 0 Å². The molecule has 0 bridgehead atoms. The molecule has 1 saturated carbocycles. The molecule has 0 aromatic carbocycles. The van der Waals surface area contributed by atoms with Gasteiger partial charge in [0.15, 0.2) is 0 Å². The van der Waals surface area contributed by atoms with Gasteiger partial charge in [0.2, 0.25) is 11.8 Å². The Morgan fingerprint density at radius 2 is 1.81 bits per heavy atom. The summed E-state index contributed by atoms with van der Waals surface area (Å²) in [7, 11) is 0. The van der Waals surface area contributed by atoms with E-state index in [2.05, 4.69) is 5.32 Å². The van der Waals surface area contributed by atoms with Gasteiger partial charge in [0, 0.05) is 19.5 Å². The van der Waals surface area contributed by atoms with Crippen LogP contribution in [0.4, 0.5) is 0 Å². The first kappa shape index (κ1) is 16.2. The summed E-state index contributed by atoms with van der Waals surface area (Å²) in [6, 6.07) is 0. The number of carbonyl (C=O) groups is 2. The molecule has 0 aromatic heterocycles. The number of ether oxygens (including phenoxy) is 1. The standard InChI is InChI=1S/C15H27N3O3/c16-12-15(4-2-1-3-5-15)10-13(19)17-11-14(20)18-6-8-21-9-7-18/h1-12,16H2,(H,17,19). The number of nitrogens with zero attached hydrogens (tertiary/aromatic N) is 1. The van der Waals surface area contributed by atoms with Gasteiger partial charge < -0.3 is 20.7 Å². The highest BCUT2D eigenvalue weighted by Gasteiger charge is 2.33. The van der Waals surface area contributed by atoms with E-state index in [1.165, 1.54) is 6.42 Å². The van der Waals surface area contributed by atoms with Crippen molar-refractivity contribution in [2.45, 2.75) is 38.5 Å². The van der Waals surface area contributed by atoms with Gasteiger partial charge in [0.25, 0.3) is 0 Å². The second-order valence-electron chi connectivity index (χ2n) is 6.21. The smallest absolute Gasteiger partial charge is 0.242 e. The first-order valence-corrected chi connectivity index (χ1v) is 7.97. The second kappa shape index (κ2) is 7.75. The van der Waals surface area contributed by atoms with Crippen LogP contribution in [0.15, 0.2) is 0 Å². The lowest BCUT2D eigenvalue weighted by Crippen LogP contribution is -2.46. The van der Waals surface area contributed by atoms with Crippen molar-refractivity contribution in [1.29, 1.82) is 0 Å². The van der Waals surface area contributed by atoms with Crippen LogP contribution in [0.5, 0.6) is 0 Å². The Hall–Kier alpha value is -1.14. The van der Waals surface area contributed by atoms with Gasteiger partial charge in [0.05, 0.1) is 19.8 Å². The largest absolute Gasteiger partial charge is 0.378 e.